The predicted molar refractivity (Wildman–Crippen MR) is 114 cm³/mol. The van der Waals surface area contributed by atoms with E-state index in [1.54, 1.807) is 12.1 Å². The number of nitrogens with one attached hydrogen (secondary N) is 1. The number of carbonyl (C=O) groups excluding carboxylic acids is 2. The first-order valence-corrected chi connectivity index (χ1v) is 10.1. The monoisotopic (exact) mass is 495 g/mol. The third-order valence-electron chi connectivity index (χ3n) is 4.18. The van der Waals surface area contributed by atoms with Gasteiger partial charge in [0.05, 0.1) is 7.11 Å². The molecule has 6 heteroatoms. The largest absolute Gasteiger partial charge is 0.467 e. The highest BCUT2D eigenvalue weighted by molar-refractivity contribution is 9.11. The van der Waals surface area contributed by atoms with E-state index in [1.165, 1.54) is 12.7 Å². The smallest absolute Gasteiger partial charge is 0.328 e. The van der Waals surface area contributed by atoms with Crippen LogP contribution in [0.5, 0.6) is 0 Å². The predicted octanol–water partition coefficient (Wildman–Crippen LogP) is 5.02. The van der Waals surface area contributed by atoms with E-state index in [-0.39, 0.29) is 11.3 Å². The van der Waals surface area contributed by atoms with Gasteiger partial charge in [-0.1, -0.05) is 76.9 Å². The van der Waals surface area contributed by atoms with Gasteiger partial charge in [-0.05, 0) is 34.7 Å². The molecule has 0 unspecified atom stereocenters. The second kappa shape index (κ2) is 9.02. The molecular weight excluding hydrogens is 474 g/mol. The lowest BCUT2D eigenvalue weighted by atomic mass is 9.86. The zero-order valence-corrected chi connectivity index (χ0v) is 19.0. The molecule has 0 aliphatic carbocycles. The minimum absolute atomic E-state index is 0.0581. The van der Waals surface area contributed by atoms with Crippen molar-refractivity contribution in [1.82, 2.24) is 5.32 Å². The first-order valence-electron chi connectivity index (χ1n) is 8.54. The van der Waals surface area contributed by atoms with Gasteiger partial charge in [-0.15, -0.1) is 0 Å². The van der Waals surface area contributed by atoms with Crippen LogP contribution in [-0.2, 0) is 21.4 Å². The van der Waals surface area contributed by atoms with E-state index in [0.717, 1.165) is 14.5 Å². The summed E-state index contributed by atoms with van der Waals surface area (Å²) in [6.07, 6.45) is 0.359. The molecular formula is C21H23Br2NO3. The van der Waals surface area contributed by atoms with Gasteiger partial charge in [0.1, 0.15) is 6.04 Å². The van der Waals surface area contributed by atoms with Crippen LogP contribution < -0.4 is 5.32 Å². The summed E-state index contributed by atoms with van der Waals surface area (Å²) in [6, 6.07) is 12.6. The van der Waals surface area contributed by atoms with E-state index in [1.807, 2.05) is 18.2 Å². The summed E-state index contributed by atoms with van der Waals surface area (Å²) < 4.78 is 6.42. The van der Waals surface area contributed by atoms with Crippen molar-refractivity contribution >= 4 is 43.7 Å². The van der Waals surface area contributed by atoms with Crippen molar-refractivity contribution in [1.29, 1.82) is 0 Å². The molecule has 4 nitrogen and oxygen atoms in total. The average molecular weight is 497 g/mol. The first-order chi connectivity index (χ1) is 12.6. The summed E-state index contributed by atoms with van der Waals surface area (Å²) >= 11 is 6.73. The molecule has 0 radical (unpaired) electrons. The van der Waals surface area contributed by atoms with Gasteiger partial charge in [-0.2, -0.15) is 0 Å². The molecule has 0 fully saturated rings. The Morgan fingerprint density at radius 1 is 1.04 bits per heavy atom. The molecule has 27 heavy (non-hydrogen) atoms. The van der Waals surface area contributed by atoms with Gasteiger partial charge >= 0.3 is 5.97 Å². The molecule has 2 aromatic carbocycles. The van der Waals surface area contributed by atoms with Crippen molar-refractivity contribution in [3.05, 3.63) is 68.1 Å². The highest BCUT2D eigenvalue weighted by atomic mass is 79.9. The summed E-state index contributed by atoms with van der Waals surface area (Å²) in [5.74, 6) is -0.809. The lowest BCUT2D eigenvalue weighted by molar-refractivity contribution is -0.142. The van der Waals surface area contributed by atoms with Crippen molar-refractivity contribution < 1.29 is 14.3 Å². The van der Waals surface area contributed by atoms with Crippen LogP contribution in [0.2, 0.25) is 0 Å². The number of halogens is 2. The topological polar surface area (TPSA) is 55.4 Å². The first kappa shape index (κ1) is 21.6. The number of benzene rings is 2. The molecule has 0 aromatic heterocycles. The minimum Gasteiger partial charge on any atom is -0.467 e. The number of rotatable bonds is 5. The van der Waals surface area contributed by atoms with Crippen molar-refractivity contribution in [3.8, 4) is 0 Å². The second-order valence-electron chi connectivity index (χ2n) is 7.36. The summed E-state index contributed by atoms with van der Waals surface area (Å²) in [7, 11) is 1.32. The van der Waals surface area contributed by atoms with Gasteiger partial charge < -0.3 is 10.1 Å². The number of carbonyl (C=O) groups is 2. The fraction of sp³-hybridized carbons (Fsp3) is 0.333. The number of amides is 1. The van der Waals surface area contributed by atoms with Crippen LogP contribution in [0.25, 0.3) is 0 Å². The molecule has 144 valence electrons. The number of hydrogen-bond acceptors (Lipinski definition) is 3. The Kier molecular flexibility index (Phi) is 7.23. The van der Waals surface area contributed by atoms with Crippen LogP contribution in [0.4, 0.5) is 0 Å². The Labute approximate surface area is 176 Å². The zero-order valence-electron chi connectivity index (χ0n) is 15.8. The van der Waals surface area contributed by atoms with Gasteiger partial charge in [-0.25, -0.2) is 4.79 Å². The van der Waals surface area contributed by atoms with Crippen molar-refractivity contribution in [2.45, 2.75) is 38.6 Å². The Hall–Kier alpha value is -1.66. The number of methoxy groups -OCH3 is 1. The van der Waals surface area contributed by atoms with Crippen LogP contribution in [0.3, 0.4) is 0 Å². The summed E-state index contributed by atoms with van der Waals surface area (Å²) in [6.45, 7) is 6.45. The Balaban J connectivity index is 2.18. The molecule has 0 heterocycles. The normalized spacial score (nSPS) is 12.4. The van der Waals surface area contributed by atoms with Crippen molar-refractivity contribution in [2.24, 2.45) is 0 Å². The molecule has 0 saturated carbocycles. The lowest BCUT2D eigenvalue weighted by Gasteiger charge is -2.20. The van der Waals surface area contributed by atoms with E-state index in [4.69, 9.17) is 4.74 Å². The average Bonchev–Trinajstić information content (AvgIpc) is 2.59. The molecule has 0 saturated heterocycles. The maximum atomic E-state index is 12.6. The molecule has 0 bridgehead atoms. The molecule has 2 rings (SSSR count). The third-order valence-corrected chi connectivity index (χ3v) is 5.09. The van der Waals surface area contributed by atoms with Crippen molar-refractivity contribution in [3.63, 3.8) is 0 Å². The fourth-order valence-corrected chi connectivity index (χ4v) is 3.93. The highest BCUT2D eigenvalue weighted by Gasteiger charge is 2.23. The Bertz CT molecular complexity index is 806. The van der Waals surface area contributed by atoms with Gasteiger partial charge in [0.15, 0.2) is 0 Å². The van der Waals surface area contributed by atoms with Crippen molar-refractivity contribution in [2.75, 3.05) is 7.11 Å². The second-order valence-corrected chi connectivity index (χ2v) is 9.19. The minimum atomic E-state index is -0.763. The molecule has 1 atom stereocenters. The number of hydrogen-bond donors (Lipinski definition) is 1. The van der Waals surface area contributed by atoms with Crippen LogP contribution >= 0.6 is 31.9 Å². The van der Waals surface area contributed by atoms with E-state index in [9.17, 15) is 9.59 Å². The fourth-order valence-electron chi connectivity index (χ4n) is 2.64. The number of esters is 1. The Morgan fingerprint density at radius 2 is 1.59 bits per heavy atom. The molecule has 0 aliphatic rings. The van der Waals surface area contributed by atoms with E-state index in [2.05, 4.69) is 70.1 Å². The standard InChI is InChI=1S/C21H23Br2NO3/c1-21(2,3)15-7-5-13(6-8-15)9-18(20(26)27-4)24-19(25)14-10-16(22)12-17(23)11-14/h5-8,10-12,18H,9H2,1-4H3,(H,24,25)/t18-/m1/s1. The van der Waals surface area contributed by atoms with Gasteiger partial charge in [0.2, 0.25) is 0 Å². The van der Waals surface area contributed by atoms with E-state index >= 15 is 0 Å². The quantitative estimate of drug-likeness (QED) is 0.591. The van der Waals surface area contributed by atoms with Crippen LogP contribution in [0, 0.1) is 0 Å². The summed E-state index contributed by atoms with van der Waals surface area (Å²) in [5, 5.41) is 2.78. The summed E-state index contributed by atoms with van der Waals surface area (Å²) in [4.78, 5) is 24.8. The molecule has 0 aliphatic heterocycles. The van der Waals surface area contributed by atoms with Crippen LogP contribution in [0.15, 0.2) is 51.4 Å². The third kappa shape index (κ3) is 6.18. The molecule has 0 spiro atoms. The zero-order chi connectivity index (χ0) is 20.2. The Morgan fingerprint density at radius 3 is 2.07 bits per heavy atom. The van der Waals surface area contributed by atoms with Crippen LogP contribution in [0.1, 0.15) is 42.3 Å². The number of ether oxygens (including phenoxy) is 1. The lowest BCUT2D eigenvalue weighted by Crippen LogP contribution is -2.43. The van der Waals surface area contributed by atoms with E-state index < -0.39 is 12.0 Å². The molecule has 1 N–H and O–H groups in total. The summed E-state index contributed by atoms with van der Waals surface area (Å²) in [5.41, 5.74) is 2.68. The molecule has 1 amide bonds. The highest BCUT2D eigenvalue weighted by Crippen LogP contribution is 2.23. The van der Waals surface area contributed by atoms with Gasteiger partial charge in [-0.3, -0.25) is 4.79 Å². The van der Waals surface area contributed by atoms with Gasteiger partial charge in [0, 0.05) is 20.9 Å². The van der Waals surface area contributed by atoms with E-state index in [0.29, 0.717) is 12.0 Å². The maximum Gasteiger partial charge on any atom is 0.328 e. The van der Waals surface area contributed by atoms with Crippen LogP contribution in [-0.4, -0.2) is 25.0 Å². The SMILES string of the molecule is COC(=O)[C@@H](Cc1ccc(C(C)(C)C)cc1)NC(=O)c1cc(Br)cc(Br)c1. The maximum absolute atomic E-state index is 12.6. The molecule has 2 aromatic rings. The van der Waals surface area contributed by atoms with Gasteiger partial charge in [0.25, 0.3) is 5.91 Å².